The second-order valence-corrected chi connectivity index (χ2v) is 7.19. The summed E-state index contributed by atoms with van der Waals surface area (Å²) in [4.78, 5) is 32.5. The van der Waals surface area contributed by atoms with Gasteiger partial charge in [-0.1, -0.05) is 12.1 Å². The monoisotopic (exact) mass is 392 g/mol. The van der Waals surface area contributed by atoms with E-state index in [1.807, 2.05) is 19.1 Å². The second-order valence-electron chi connectivity index (χ2n) is 7.19. The molecule has 4 rings (SSSR count). The lowest BCUT2D eigenvalue weighted by Gasteiger charge is -2.23. The fourth-order valence-electron chi connectivity index (χ4n) is 3.88. The minimum atomic E-state index is -0.449. The third-order valence-corrected chi connectivity index (χ3v) is 5.49. The van der Waals surface area contributed by atoms with Gasteiger partial charge in [0.15, 0.2) is 11.9 Å². The van der Waals surface area contributed by atoms with E-state index in [0.29, 0.717) is 30.3 Å². The molecule has 150 valence electrons. The quantitative estimate of drug-likeness (QED) is 0.571. The van der Waals surface area contributed by atoms with Gasteiger partial charge in [0.1, 0.15) is 11.4 Å². The lowest BCUT2D eigenvalue weighted by Crippen LogP contribution is -2.26. The number of nitrogen functional groups attached to an aromatic ring is 1. The van der Waals surface area contributed by atoms with Crippen molar-refractivity contribution in [3.05, 3.63) is 51.8 Å². The summed E-state index contributed by atoms with van der Waals surface area (Å²) >= 11 is 0. The van der Waals surface area contributed by atoms with Crippen LogP contribution in [-0.2, 0) is 6.54 Å². The van der Waals surface area contributed by atoms with Crippen LogP contribution in [0.1, 0.15) is 41.6 Å². The molecule has 3 heterocycles. The first-order valence-corrected chi connectivity index (χ1v) is 9.84. The second kappa shape index (κ2) is 8.00. The molecule has 29 heavy (non-hydrogen) atoms. The number of aldehydes is 1. The Balaban J connectivity index is 1.64. The van der Waals surface area contributed by atoms with E-state index in [9.17, 15) is 9.59 Å². The third-order valence-electron chi connectivity index (χ3n) is 5.49. The molecular formula is C21H24N6O2. The molecule has 0 aliphatic carbocycles. The molecule has 1 aliphatic rings. The molecule has 0 spiro atoms. The van der Waals surface area contributed by atoms with Gasteiger partial charge in [0.05, 0.1) is 5.39 Å². The Morgan fingerprint density at radius 3 is 2.66 bits per heavy atom. The van der Waals surface area contributed by atoms with E-state index in [-0.39, 0.29) is 16.8 Å². The number of nitrogens with two attached hydrogens (primary N) is 1. The zero-order chi connectivity index (χ0) is 20.4. The van der Waals surface area contributed by atoms with Gasteiger partial charge in [0, 0.05) is 18.4 Å². The predicted molar refractivity (Wildman–Crippen MR) is 114 cm³/mol. The van der Waals surface area contributed by atoms with Gasteiger partial charge < -0.3 is 20.9 Å². The highest BCUT2D eigenvalue weighted by Gasteiger charge is 2.17. The molecule has 3 aromatic rings. The fraction of sp³-hybridized carbons (Fsp3) is 0.333. The van der Waals surface area contributed by atoms with Crippen molar-refractivity contribution < 1.29 is 4.79 Å². The summed E-state index contributed by atoms with van der Waals surface area (Å²) in [5, 5.41) is 6.84. The Morgan fingerprint density at radius 1 is 1.28 bits per heavy atom. The number of nitrogens with one attached hydrogen (secondary N) is 2. The van der Waals surface area contributed by atoms with Gasteiger partial charge >= 0.3 is 0 Å². The topological polar surface area (TPSA) is 115 Å². The molecule has 8 heteroatoms. The Bertz CT molecular complexity index is 1100. The standard InChI is InChI=1S/C21H24N6O2/c1-2-27-19(22)17(12-28)18(29)16-11-24-21(26-20(16)27)25-15-5-3-13(4-6-15)14-7-9-23-10-8-14/h3-6,11-12,14,23H,2,7-10,22H2,1H3,(H,24,25,26). The molecule has 1 aromatic carbocycles. The molecule has 8 nitrogen and oxygen atoms in total. The largest absolute Gasteiger partial charge is 0.384 e. The van der Waals surface area contributed by atoms with Crippen LogP contribution >= 0.6 is 0 Å². The molecule has 1 aliphatic heterocycles. The molecule has 0 amide bonds. The SMILES string of the molecule is CCn1c(N)c(C=O)c(=O)c2cnc(Nc3ccc(C4CCNCC4)cc3)nc21. The maximum atomic E-state index is 12.5. The van der Waals surface area contributed by atoms with Crippen LogP contribution < -0.4 is 21.8 Å². The van der Waals surface area contributed by atoms with Crippen LogP contribution in [0.15, 0.2) is 35.3 Å². The maximum absolute atomic E-state index is 12.5. The zero-order valence-electron chi connectivity index (χ0n) is 16.3. The van der Waals surface area contributed by atoms with E-state index in [2.05, 4.69) is 32.7 Å². The van der Waals surface area contributed by atoms with Gasteiger partial charge in [0.2, 0.25) is 11.4 Å². The number of aromatic nitrogens is 3. The van der Waals surface area contributed by atoms with Crippen LogP contribution in [-0.4, -0.2) is 33.9 Å². The van der Waals surface area contributed by atoms with E-state index < -0.39 is 5.43 Å². The van der Waals surface area contributed by atoms with Crippen LogP contribution in [0.25, 0.3) is 11.0 Å². The molecule has 0 radical (unpaired) electrons. The van der Waals surface area contributed by atoms with E-state index in [0.717, 1.165) is 31.6 Å². The molecule has 0 saturated carbocycles. The summed E-state index contributed by atoms with van der Waals surface area (Å²) in [5.41, 5.74) is 8.11. The predicted octanol–water partition coefficient (Wildman–Crippen LogP) is 2.42. The van der Waals surface area contributed by atoms with Gasteiger partial charge in [-0.3, -0.25) is 9.59 Å². The highest BCUT2D eigenvalue weighted by molar-refractivity contribution is 5.90. The molecule has 0 atom stereocenters. The van der Waals surface area contributed by atoms with Crippen LogP contribution in [0.2, 0.25) is 0 Å². The Hall–Kier alpha value is -3.26. The molecular weight excluding hydrogens is 368 g/mol. The van der Waals surface area contributed by atoms with Gasteiger partial charge in [-0.05, 0) is 56.5 Å². The van der Waals surface area contributed by atoms with Crippen molar-refractivity contribution in [3.8, 4) is 0 Å². The fourth-order valence-corrected chi connectivity index (χ4v) is 3.88. The summed E-state index contributed by atoms with van der Waals surface area (Å²) in [5.74, 6) is 1.08. The number of aryl methyl sites for hydroxylation is 1. The van der Waals surface area contributed by atoms with Crippen molar-refractivity contribution >= 4 is 34.8 Å². The minimum absolute atomic E-state index is 0.0582. The van der Waals surface area contributed by atoms with Crippen LogP contribution in [0, 0.1) is 0 Å². The van der Waals surface area contributed by atoms with Gasteiger partial charge in [-0.25, -0.2) is 4.98 Å². The summed E-state index contributed by atoms with van der Waals surface area (Å²) in [6.45, 7) is 4.47. The molecule has 1 fully saturated rings. The maximum Gasteiger partial charge on any atom is 0.229 e. The van der Waals surface area contributed by atoms with Crippen molar-refractivity contribution in [1.29, 1.82) is 0 Å². The lowest BCUT2D eigenvalue weighted by atomic mass is 9.90. The summed E-state index contributed by atoms with van der Waals surface area (Å²) in [6, 6.07) is 8.30. The van der Waals surface area contributed by atoms with Crippen LogP contribution in [0.4, 0.5) is 17.5 Å². The van der Waals surface area contributed by atoms with E-state index in [1.54, 1.807) is 4.57 Å². The van der Waals surface area contributed by atoms with Crippen molar-refractivity contribution in [2.45, 2.75) is 32.2 Å². The molecule has 2 aromatic heterocycles. The number of benzene rings is 1. The third kappa shape index (κ3) is 3.58. The van der Waals surface area contributed by atoms with Crippen molar-refractivity contribution in [1.82, 2.24) is 19.9 Å². The number of nitrogens with zero attached hydrogens (tertiary/aromatic N) is 3. The molecule has 0 bridgehead atoms. The first kappa shape index (κ1) is 19.1. The number of hydrogen-bond acceptors (Lipinski definition) is 7. The van der Waals surface area contributed by atoms with Crippen molar-refractivity contribution in [3.63, 3.8) is 0 Å². The Labute approximate surface area is 168 Å². The van der Waals surface area contributed by atoms with E-state index >= 15 is 0 Å². The number of carbonyl (C=O) groups excluding carboxylic acids is 1. The number of pyridine rings is 1. The van der Waals surface area contributed by atoms with Gasteiger partial charge in [0.25, 0.3) is 0 Å². The minimum Gasteiger partial charge on any atom is -0.384 e. The van der Waals surface area contributed by atoms with E-state index in [4.69, 9.17) is 5.73 Å². The first-order chi connectivity index (χ1) is 14.1. The summed E-state index contributed by atoms with van der Waals surface area (Å²) < 4.78 is 1.65. The molecule has 1 saturated heterocycles. The highest BCUT2D eigenvalue weighted by atomic mass is 16.1. The van der Waals surface area contributed by atoms with Crippen molar-refractivity contribution in [2.75, 3.05) is 24.1 Å². The van der Waals surface area contributed by atoms with E-state index in [1.165, 1.54) is 11.8 Å². The number of fused-ring (bicyclic) bond motifs is 1. The van der Waals surface area contributed by atoms with Gasteiger partial charge in [-0.15, -0.1) is 0 Å². The number of piperidine rings is 1. The van der Waals surface area contributed by atoms with Crippen LogP contribution in [0.5, 0.6) is 0 Å². The lowest BCUT2D eigenvalue weighted by molar-refractivity contribution is 0.112. The summed E-state index contributed by atoms with van der Waals surface area (Å²) in [7, 11) is 0. The van der Waals surface area contributed by atoms with Crippen molar-refractivity contribution in [2.24, 2.45) is 0 Å². The number of carbonyl (C=O) groups is 1. The number of rotatable bonds is 5. The van der Waals surface area contributed by atoms with Gasteiger partial charge in [-0.2, -0.15) is 4.98 Å². The average molecular weight is 392 g/mol. The summed E-state index contributed by atoms with van der Waals surface area (Å²) in [6.07, 6.45) is 4.23. The Morgan fingerprint density at radius 2 is 2.00 bits per heavy atom. The van der Waals surface area contributed by atoms with Crippen LogP contribution in [0.3, 0.4) is 0 Å². The normalized spacial score (nSPS) is 14.8. The number of anilines is 3. The first-order valence-electron chi connectivity index (χ1n) is 9.84. The Kier molecular flexibility index (Phi) is 5.26. The number of hydrogen-bond donors (Lipinski definition) is 3. The highest BCUT2D eigenvalue weighted by Crippen LogP contribution is 2.27. The average Bonchev–Trinajstić information content (AvgIpc) is 2.75. The molecule has 4 N–H and O–H groups in total. The zero-order valence-corrected chi connectivity index (χ0v) is 16.3. The smallest absolute Gasteiger partial charge is 0.229 e. The molecule has 0 unspecified atom stereocenters.